The van der Waals surface area contributed by atoms with Crippen molar-refractivity contribution in [3.8, 4) is 5.75 Å². The Balaban J connectivity index is 1.94. The summed E-state index contributed by atoms with van der Waals surface area (Å²) in [5.74, 6) is -1.45. The molecular weight excluding hydrogens is 294 g/mol. The van der Waals surface area contributed by atoms with Gasteiger partial charge < -0.3 is 20.0 Å². The molecule has 0 spiro atoms. The summed E-state index contributed by atoms with van der Waals surface area (Å²) in [4.78, 5) is 22.3. The third kappa shape index (κ3) is 4.22. The molecule has 1 N–H and O–H groups in total. The maximum absolute atomic E-state index is 11.7. The molecule has 1 amide bonds. The van der Waals surface area contributed by atoms with Gasteiger partial charge in [-0.1, -0.05) is 29.8 Å². The van der Waals surface area contributed by atoms with Crippen molar-refractivity contribution in [1.82, 2.24) is 0 Å². The predicted octanol–water partition coefficient (Wildman–Crippen LogP) is 1.72. The van der Waals surface area contributed by atoms with E-state index in [1.54, 1.807) is 24.3 Å². The molecule has 0 aliphatic rings. The topological polar surface area (TPSA) is 78.5 Å². The Morgan fingerprint density at radius 1 is 1.14 bits per heavy atom. The van der Waals surface area contributed by atoms with Gasteiger partial charge in [0.05, 0.1) is 11.0 Å². The van der Waals surface area contributed by atoms with E-state index >= 15 is 0 Å². The van der Waals surface area contributed by atoms with E-state index in [4.69, 9.17) is 16.3 Å². The molecule has 0 unspecified atom stereocenters. The van der Waals surface area contributed by atoms with Crippen LogP contribution in [0.25, 0.3) is 0 Å². The van der Waals surface area contributed by atoms with Gasteiger partial charge >= 0.3 is 0 Å². The number of hydrogen-bond donors (Lipinski definition) is 1. The summed E-state index contributed by atoms with van der Waals surface area (Å²) < 4.78 is 5.25. The minimum atomic E-state index is -1.33. The Morgan fingerprint density at radius 3 is 2.48 bits per heavy atom. The average molecular weight is 305 g/mol. The maximum atomic E-state index is 11.7. The second kappa shape index (κ2) is 6.76. The number of nitrogens with one attached hydrogen (secondary N) is 1. The van der Waals surface area contributed by atoms with E-state index in [9.17, 15) is 14.7 Å². The zero-order valence-corrected chi connectivity index (χ0v) is 11.6. The molecule has 2 rings (SSSR count). The van der Waals surface area contributed by atoms with Crippen molar-refractivity contribution in [2.24, 2.45) is 0 Å². The Bertz CT molecular complexity index is 658. The Hall–Kier alpha value is -2.53. The summed E-state index contributed by atoms with van der Waals surface area (Å²) in [5, 5.41) is 13.4. The van der Waals surface area contributed by atoms with Crippen LogP contribution in [0.5, 0.6) is 5.75 Å². The van der Waals surface area contributed by atoms with Gasteiger partial charge in [0.2, 0.25) is 0 Å². The lowest BCUT2D eigenvalue weighted by molar-refractivity contribution is -0.255. The van der Waals surface area contributed by atoms with Gasteiger partial charge in [0.15, 0.2) is 6.61 Å². The molecule has 0 heterocycles. The van der Waals surface area contributed by atoms with Crippen molar-refractivity contribution >= 4 is 29.2 Å². The first-order chi connectivity index (χ1) is 10.1. The van der Waals surface area contributed by atoms with Gasteiger partial charge in [-0.25, -0.2) is 0 Å². The number of amides is 1. The number of hydrogen-bond acceptors (Lipinski definition) is 4. The fourth-order valence-corrected chi connectivity index (χ4v) is 1.84. The van der Waals surface area contributed by atoms with Crippen molar-refractivity contribution in [2.45, 2.75) is 0 Å². The second-order valence-electron chi connectivity index (χ2n) is 4.14. The third-order valence-corrected chi connectivity index (χ3v) is 2.88. The van der Waals surface area contributed by atoms with Crippen molar-refractivity contribution in [3.05, 3.63) is 59.1 Å². The molecule has 0 fully saturated rings. The number of halogens is 1. The molecule has 108 valence electrons. The highest BCUT2D eigenvalue weighted by molar-refractivity contribution is 6.32. The Labute approximate surface area is 126 Å². The largest absolute Gasteiger partial charge is 0.545 e. The van der Waals surface area contributed by atoms with Crippen LogP contribution in [0.4, 0.5) is 5.69 Å². The summed E-state index contributed by atoms with van der Waals surface area (Å²) >= 11 is 5.87. The highest BCUT2D eigenvalue weighted by Gasteiger charge is 2.07. The monoisotopic (exact) mass is 304 g/mol. The standard InChI is InChI=1S/C15H12ClNO4/c16-12-8-10(15(19)20)6-7-13(12)21-9-14(18)17-11-4-2-1-3-5-11/h1-8H,9H2,(H,17,18)(H,19,20)/p-1. The fourth-order valence-electron chi connectivity index (χ4n) is 1.61. The highest BCUT2D eigenvalue weighted by Crippen LogP contribution is 2.25. The molecule has 6 heteroatoms. The lowest BCUT2D eigenvalue weighted by atomic mass is 10.2. The number of benzene rings is 2. The van der Waals surface area contributed by atoms with E-state index in [0.29, 0.717) is 5.69 Å². The summed E-state index contributed by atoms with van der Waals surface area (Å²) in [5.41, 5.74) is 0.602. The Morgan fingerprint density at radius 2 is 1.86 bits per heavy atom. The molecule has 0 atom stereocenters. The first-order valence-corrected chi connectivity index (χ1v) is 6.42. The summed E-state index contributed by atoms with van der Waals surface area (Å²) in [6.45, 7) is -0.237. The van der Waals surface area contributed by atoms with Crippen molar-refractivity contribution in [1.29, 1.82) is 0 Å². The van der Waals surface area contributed by atoms with Gasteiger partial charge in [0.25, 0.3) is 5.91 Å². The van der Waals surface area contributed by atoms with E-state index < -0.39 is 5.97 Å². The summed E-state index contributed by atoms with van der Waals surface area (Å²) in [6.07, 6.45) is 0. The highest BCUT2D eigenvalue weighted by atomic mass is 35.5. The SMILES string of the molecule is O=C(COc1ccc(C(=O)[O-])cc1Cl)Nc1ccccc1. The van der Waals surface area contributed by atoms with Crippen molar-refractivity contribution in [2.75, 3.05) is 11.9 Å². The zero-order chi connectivity index (χ0) is 15.2. The van der Waals surface area contributed by atoms with Crippen LogP contribution in [0.15, 0.2) is 48.5 Å². The van der Waals surface area contributed by atoms with Crippen LogP contribution in [0.3, 0.4) is 0 Å². The lowest BCUT2D eigenvalue weighted by Crippen LogP contribution is -2.22. The molecule has 5 nitrogen and oxygen atoms in total. The minimum absolute atomic E-state index is 0.0545. The number of ether oxygens (including phenoxy) is 1. The van der Waals surface area contributed by atoms with E-state index in [0.717, 1.165) is 0 Å². The minimum Gasteiger partial charge on any atom is -0.545 e. The number of aromatic carboxylic acids is 1. The molecule has 0 aliphatic heterocycles. The molecule has 2 aromatic carbocycles. The molecule has 2 aromatic rings. The number of carboxylic acids is 1. The van der Waals surface area contributed by atoms with Gasteiger partial charge in [-0.3, -0.25) is 4.79 Å². The lowest BCUT2D eigenvalue weighted by Gasteiger charge is -2.10. The first kappa shape index (κ1) is 14.9. The van der Waals surface area contributed by atoms with Gasteiger partial charge in [-0.2, -0.15) is 0 Å². The second-order valence-corrected chi connectivity index (χ2v) is 4.54. The van der Waals surface area contributed by atoms with E-state index in [1.807, 2.05) is 6.07 Å². The Kier molecular flexibility index (Phi) is 4.79. The summed E-state index contributed by atoms with van der Waals surface area (Å²) in [7, 11) is 0. The molecular formula is C15H11ClNO4-. The van der Waals surface area contributed by atoms with E-state index in [1.165, 1.54) is 18.2 Å². The van der Waals surface area contributed by atoms with Crippen LogP contribution in [0, 0.1) is 0 Å². The number of carbonyl (C=O) groups excluding carboxylic acids is 2. The molecule has 0 bridgehead atoms. The van der Waals surface area contributed by atoms with Crippen LogP contribution in [0.1, 0.15) is 10.4 Å². The van der Waals surface area contributed by atoms with Gasteiger partial charge in [-0.15, -0.1) is 0 Å². The fraction of sp³-hybridized carbons (Fsp3) is 0.0667. The maximum Gasteiger partial charge on any atom is 0.262 e. The predicted molar refractivity (Wildman–Crippen MR) is 76.3 cm³/mol. The smallest absolute Gasteiger partial charge is 0.262 e. The van der Waals surface area contributed by atoms with Gasteiger partial charge in [-0.05, 0) is 35.9 Å². The van der Waals surface area contributed by atoms with Crippen molar-refractivity contribution < 1.29 is 19.4 Å². The van der Waals surface area contributed by atoms with Crippen molar-refractivity contribution in [3.63, 3.8) is 0 Å². The van der Waals surface area contributed by atoms with Crippen LogP contribution < -0.4 is 15.2 Å². The third-order valence-electron chi connectivity index (χ3n) is 2.58. The van der Waals surface area contributed by atoms with Gasteiger partial charge in [0.1, 0.15) is 5.75 Å². The van der Waals surface area contributed by atoms with Crippen LogP contribution in [0.2, 0.25) is 5.02 Å². The molecule has 0 radical (unpaired) electrons. The van der Waals surface area contributed by atoms with E-state index in [-0.39, 0.29) is 28.8 Å². The number of carbonyl (C=O) groups is 2. The molecule has 0 saturated heterocycles. The summed E-state index contributed by atoms with van der Waals surface area (Å²) in [6, 6.07) is 12.8. The molecule has 0 aromatic heterocycles. The molecule has 0 aliphatic carbocycles. The zero-order valence-electron chi connectivity index (χ0n) is 10.8. The van der Waals surface area contributed by atoms with Crippen LogP contribution in [-0.2, 0) is 4.79 Å². The first-order valence-electron chi connectivity index (χ1n) is 6.05. The number of anilines is 1. The quantitative estimate of drug-likeness (QED) is 0.912. The number of carboxylic acid groups (broad SMARTS) is 1. The normalized spacial score (nSPS) is 9.95. The van der Waals surface area contributed by atoms with Gasteiger partial charge in [0, 0.05) is 5.69 Å². The average Bonchev–Trinajstić information content (AvgIpc) is 2.47. The number of rotatable bonds is 5. The molecule has 21 heavy (non-hydrogen) atoms. The van der Waals surface area contributed by atoms with E-state index in [2.05, 4.69) is 5.32 Å². The molecule has 0 saturated carbocycles. The van der Waals surface area contributed by atoms with Crippen LogP contribution >= 0.6 is 11.6 Å². The van der Waals surface area contributed by atoms with Crippen LogP contribution in [-0.4, -0.2) is 18.5 Å². The number of para-hydroxylation sites is 1.